The number of esters is 1. The van der Waals surface area contributed by atoms with Crippen LogP contribution < -0.4 is 5.32 Å². The molecule has 0 saturated carbocycles. The second-order valence-corrected chi connectivity index (χ2v) is 10.3. The van der Waals surface area contributed by atoms with E-state index in [0.717, 1.165) is 21.3 Å². The van der Waals surface area contributed by atoms with Crippen molar-refractivity contribution < 1.29 is 31.9 Å². The summed E-state index contributed by atoms with van der Waals surface area (Å²) in [5.41, 5.74) is 0. The number of ether oxygens (including phenoxy) is 1. The Morgan fingerprint density at radius 1 is 1.22 bits per heavy atom. The molecule has 0 spiro atoms. The van der Waals surface area contributed by atoms with Crippen LogP contribution in [0.15, 0.2) is 41.3 Å². The van der Waals surface area contributed by atoms with Crippen molar-refractivity contribution >= 4 is 39.0 Å². The Bertz CT molecular complexity index is 1110. The van der Waals surface area contributed by atoms with Crippen molar-refractivity contribution in [1.29, 1.82) is 0 Å². The van der Waals surface area contributed by atoms with Gasteiger partial charge in [-0.25, -0.2) is 12.8 Å². The number of halogens is 1. The summed E-state index contributed by atoms with van der Waals surface area (Å²) in [5, 5.41) is 2.67. The number of Topliss-reactive ketones (excluding diaryl/α,β-unsaturated/α-hetero) is 1. The van der Waals surface area contributed by atoms with E-state index in [-0.39, 0.29) is 18.9 Å². The van der Waals surface area contributed by atoms with Gasteiger partial charge in [-0.1, -0.05) is 12.1 Å². The Morgan fingerprint density at radius 2 is 1.97 bits per heavy atom. The summed E-state index contributed by atoms with van der Waals surface area (Å²) in [6.07, 6.45) is 1.22. The maximum absolute atomic E-state index is 14.0. The fourth-order valence-corrected chi connectivity index (χ4v) is 6.02. The summed E-state index contributed by atoms with van der Waals surface area (Å²) in [4.78, 5) is 36.7. The van der Waals surface area contributed by atoms with Crippen molar-refractivity contribution in [2.45, 2.75) is 37.1 Å². The Labute approximate surface area is 189 Å². The van der Waals surface area contributed by atoms with Gasteiger partial charge in [0, 0.05) is 24.9 Å². The van der Waals surface area contributed by atoms with Gasteiger partial charge >= 0.3 is 5.97 Å². The smallest absolute Gasteiger partial charge is 0.324 e. The maximum atomic E-state index is 14.0. The summed E-state index contributed by atoms with van der Waals surface area (Å²) in [6, 6.07) is 7.25. The fraction of sp³-hybridized carbons (Fsp3) is 0.381. The lowest BCUT2D eigenvalue weighted by atomic mass is 10.2. The first kappa shape index (κ1) is 24.0. The van der Waals surface area contributed by atoms with E-state index in [1.54, 1.807) is 12.1 Å². The van der Waals surface area contributed by atoms with Crippen molar-refractivity contribution in [3.05, 3.63) is 52.0 Å². The van der Waals surface area contributed by atoms with E-state index in [1.807, 2.05) is 0 Å². The molecule has 2 heterocycles. The lowest BCUT2D eigenvalue weighted by molar-refractivity contribution is -0.146. The van der Waals surface area contributed by atoms with Crippen molar-refractivity contribution in [1.82, 2.24) is 9.62 Å². The molecule has 2 aromatic rings. The molecule has 1 aliphatic rings. The molecule has 1 amide bonds. The zero-order valence-corrected chi connectivity index (χ0v) is 19.0. The highest BCUT2D eigenvalue weighted by atomic mass is 32.2. The number of rotatable bonds is 9. The van der Waals surface area contributed by atoms with Crippen molar-refractivity contribution in [3.8, 4) is 0 Å². The van der Waals surface area contributed by atoms with E-state index < -0.39 is 45.1 Å². The van der Waals surface area contributed by atoms with Gasteiger partial charge < -0.3 is 10.1 Å². The van der Waals surface area contributed by atoms with Crippen LogP contribution in [0, 0.1) is 5.82 Å². The van der Waals surface area contributed by atoms with E-state index in [0.29, 0.717) is 24.3 Å². The van der Waals surface area contributed by atoms with Crippen LogP contribution in [-0.4, -0.2) is 56.1 Å². The third-order valence-electron chi connectivity index (χ3n) is 4.93. The molecule has 3 rings (SSSR count). The lowest BCUT2D eigenvalue weighted by Crippen LogP contribution is -2.42. The van der Waals surface area contributed by atoms with E-state index >= 15 is 0 Å². The molecular formula is C21H23FN2O6S2. The zero-order chi connectivity index (χ0) is 23.3. The molecule has 8 nitrogen and oxygen atoms in total. The number of nitrogens with zero attached hydrogens (tertiary/aromatic N) is 1. The third kappa shape index (κ3) is 5.59. The van der Waals surface area contributed by atoms with E-state index in [1.165, 1.54) is 30.4 Å². The molecule has 1 saturated heterocycles. The number of sulfonamides is 1. The van der Waals surface area contributed by atoms with Crippen LogP contribution >= 0.6 is 11.3 Å². The first-order valence-corrected chi connectivity index (χ1v) is 12.2. The number of nitrogens with one attached hydrogen (secondary N) is 1. The minimum atomic E-state index is -4.22. The van der Waals surface area contributed by atoms with Crippen LogP contribution in [0.3, 0.4) is 0 Å². The Balaban J connectivity index is 1.60. The van der Waals surface area contributed by atoms with Crippen LogP contribution in [-0.2, 0) is 30.8 Å². The molecule has 1 aromatic carbocycles. The monoisotopic (exact) mass is 482 g/mol. The molecule has 1 fully saturated rings. The molecule has 1 aliphatic heterocycles. The second-order valence-electron chi connectivity index (χ2n) is 7.23. The number of thiophene rings is 1. The molecule has 172 valence electrons. The predicted octanol–water partition coefficient (Wildman–Crippen LogP) is 2.15. The average Bonchev–Trinajstić information content (AvgIpc) is 3.42. The number of hydrogen-bond acceptors (Lipinski definition) is 7. The van der Waals surface area contributed by atoms with Gasteiger partial charge in [0.05, 0.1) is 4.88 Å². The standard InChI is InChI=1S/C21H23FN2O6S2/c1-14(25)23-11-10-15-8-9-19(31-15)18(26)13-30-21(27)17-6-4-12-24(17)32(28,29)20-7-3-2-5-16(20)22/h2-3,5,7-9,17H,4,6,10-13H2,1H3,(H,23,25)/t17-/m0/s1. The van der Waals surface area contributed by atoms with Crippen molar-refractivity contribution in [2.75, 3.05) is 19.7 Å². The van der Waals surface area contributed by atoms with Crippen LogP contribution in [0.4, 0.5) is 4.39 Å². The molecule has 0 unspecified atom stereocenters. The Hall–Kier alpha value is -2.63. The zero-order valence-electron chi connectivity index (χ0n) is 17.4. The molecule has 1 N–H and O–H groups in total. The van der Waals surface area contributed by atoms with E-state index in [2.05, 4.69) is 5.32 Å². The molecule has 0 radical (unpaired) electrons. The molecule has 0 bridgehead atoms. The first-order valence-electron chi connectivity index (χ1n) is 9.99. The van der Waals surface area contributed by atoms with Crippen LogP contribution in [0.5, 0.6) is 0 Å². The van der Waals surface area contributed by atoms with Gasteiger partial charge in [0.2, 0.25) is 21.7 Å². The van der Waals surface area contributed by atoms with Gasteiger partial charge in [-0.3, -0.25) is 14.4 Å². The van der Waals surface area contributed by atoms with Crippen molar-refractivity contribution in [3.63, 3.8) is 0 Å². The SMILES string of the molecule is CC(=O)NCCc1ccc(C(=O)COC(=O)[C@@H]2CCCN2S(=O)(=O)c2ccccc2F)s1. The quantitative estimate of drug-likeness (QED) is 0.433. The van der Waals surface area contributed by atoms with E-state index in [4.69, 9.17) is 4.74 Å². The summed E-state index contributed by atoms with van der Waals surface area (Å²) < 4.78 is 45.8. The highest BCUT2D eigenvalue weighted by Gasteiger charge is 2.41. The van der Waals surface area contributed by atoms with Crippen molar-refractivity contribution in [2.24, 2.45) is 0 Å². The van der Waals surface area contributed by atoms with Gasteiger partial charge in [0.1, 0.15) is 16.8 Å². The van der Waals surface area contributed by atoms with Gasteiger partial charge in [-0.05, 0) is 43.5 Å². The number of ketones is 1. The molecule has 1 atom stereocenters. The van der Waals surface area contributed by atoms with Gasteiger partial charge in [-0.2, -0.15) is 4.31 Å². The predicted molar refractivity (Wildman–Crippen MR) is 115 cm³/mol. The minimum Gasteiger partial charge on any atom is -0.456 e. The summed E-state index contributed by atoms with van der Waals surface area (Å²) in [6.45, 7) is 1.42. The minimum absolute atomic E-state index is 0.0625. The maximum Gasteiger partial charge on any atom is 0.324 e. The third-order valence-corrected chi connectivity index (χ3v) is 8.05. The highest BCUT2D eigenvalue weighted by Crippen LogP contribution is 2.28. The van der Waals surface area contributed by atoms with Crippen LogP contribution in [0.2, 0.25) is 0 Å². The summed E-state index contributed by atoms with van der Waals surface area (Å²) >= 11 is 1.24. The average molecular weight is 483 g/mol. The summed E-state index contributed by atoms with van der Waals surface area (Å²) in [7, 11) is -4.22. The number of carbonyl (C=O) groups excluding carboxylic acids is 3. The Kier molecular flexibility index (Phi) is 7.75. The largest absolute Gasteiger partial charge is 0.456 e. The van der Waals surface area contributed by atoms with Gasteiger partial charge in [-0.15, -0.1) is 11.3 Å². The van der Waals surface area contributed by atoms with Crippen LogP contribution in [0.25, 0.3) is 0 Å². The lowest BCUT2D eigenvalue weighted by Gasteiger charge is -2.22. The number of carbonyl (C=O) groups is 3. The second kappa shape index (κ2) is 10.3. The van der Waals surface area contributed by atoms with Gasteiger partial charge in [0.15, 0.2) is 6.61 Å². The van der Waals surface area contributed by atoms with Crippen LogP contribution in [0.1, 0.15) is 34.3 Å². The Morgan fingerprint density at radius 3 is 2.69 bits per heavy atom. The molecule has 0 aliphatic carbocycles. The topological polar surface area (TPSA) is 110 Å². The number of hydrogen-bond donors (Lipinski definition) is 1. The number of amides is 1. The van der Waals surface area contributed by atoms with E-state index in [9.17, 15) is 27.2 Å². The molecular weight excluding hydrogens is 459 g/mol. The molecule has 11 heteroatoms. The first-order chi connectivity index (χ1) is 15.2. The fourth-order valence-electron chi connectivity index (χ4n) is 3.37. The summed E-state index contributed by atoms with van der Waals surface area (Å²) in [5.74, 6) is -2.27. The van der Waals surface area contributed by atoms with Gasteiger partial charge in [0.25, 0.3) is 0 Å². The molecule has 32 heavy (non-hydrogen) atoms. The highest BCUT2D eigenvalue weighted by molar-refractivity contribution is 7.89. The normalized spacial score (nSPS) is 16.6. The number of benzene rings is 1. The molecule has 1 aromatic heterocycles.